The summed E-state index contributed by atoms with van der Waals surface area (Å²) in [4.78, 5) is 12.6. The number of carbonyl (C=O) groups is 1. The number of halogens is 3. The van der Waals surface area contributed by atoms with Gasteiger partial charge >= 0.3 is 0 Å². The number of benzene rings is 1. The number of nitrogens with one attached hydrogen (secondary N) is 2. The van der Waals surface area contributed by atoms with Crippen molar-refractivity contribution in [3.05, 3.63) is 35.6 Å². The summed E-state index contributed by atoms with van der Waals surface area (Å²) in [6, 6.07) is 7.90. The van der Waals surface area contributed by atoms with E-state index in [9.17, 15) is 18.0 Å². The van der Waals surface area contributed by atoms with E-state index < -0.39 is 17.4 Å². The van der Waals surface area contributed by atoms with Crippen LogP contribution in [0, 0.1) is 23.1 Å². The molecule has 0 heterocycles. The first kappa shape index (κ1) is 21.2. The first-order valence-electron chi connectivity index (χ1n) is 9.30. The fourth-order valence-corrected chi connectivity index (χ4v) is 2.80. The van der Waals surface area contributed by atoms with Crippen LogP contribution in [0.2, 0.25) is 0 Å². The second-order valence-electron chi connectivity index (χ2n) is 7.31. The molecular formula is C20H26F3N3O. The van der Waals surface area contributed by atoms with Gasteiger partial charge in [0.25, 0.3) is 0 Å². The Balaban J connectivity index is 1.98. The Morgan fingerprint density at radius 1 is 1.33 bits per heavy atom. The molecule has 1 amide bonds. The molecule has 0 bridgehead atoms. The Morgan fingerprint density at radius 2 is 1.96 bits per heavy atom. The molecular weight excluding hydrogens is 355 g/mol. The molecule has 2 atom stereocenters. The number of amides is 1. The van der Waals surface area contributed by atoms with Crippen LogP contribution in [0.4, 0.5) is 13.2 Å². The van der Waals surface area contributed by atoms with E-state index in [1.807, 2.05) is 6.92 Å². The van der Waals surface area contributed by atoms with Gasteiger partial charge in [-0.3, -0.25) is 4.79 Å². The molecule has 1 aliphatic carbocycles. The van der Waals surface area contributed by atoms with Crippen molar-refractivity contribution in [3.63, 3.8) is 0 Å². The van der Waals surface area contributed by atoms with Gasteiger partial charge in [-0.15, -0.1) is 0 Å². The van der Waals surface area contributed by atoms with Crippen LogP contribution in [0.15, 0.2) is 24.3 Å². The highest BCUT2D eigenvalue weighted by Crippen LogP contribution is 2.35. The SMILES string of the molecule is CCC(F)(F)CC[C@H](CNC(C)c1ccc(F)cc1)C(=O)NC1(C#N)CC1. The molecule has 1 saturated carbocycles. The normalized spacial score (nSPS) is 17.6. The van der Waals surface area contributed by atoms with E-state index in [0.717, 1.165) is 5.56 Å². The van der Waals surface area contributed by atoms with Crippen LogP contribution in [-0.2, 0) is 4.79 Å². The molecule has 1 aliphatic rings. The topological polar surface area (TPSA) is 64.9 Å². The molecule has 1 fully saturated rings. The molecule has 0 aliphatic heterocycles. The standard InChI is InChI=1S/C20H26F3N3O/c1-3-20(22,23)9-8-16(18(27)26-19(13-24)10-11-19)12-25-14(2)15-4-6-17(21)7-5-15/h4-7,14,16,25H,3,8-12H2,1-2H3,(H,26,27)/t14?,16-/m1/s1. The van der Waals surface area contributed by atoms with Crippen molar-refractivity contribution >= 4 is 5.91 Å². The number of rotatable bonds is 10. The van der Waals surface area contributed by atoms with E-state index in [1.165, 1.54) is 19.1 Å². The van der Waals surface area contributed by atoms with Gasteiger partial charge in [0.1, 0.15) is 11.4 Å². The summed E-state index contributed by atoms with van der Waals surface area (Å²) >= 11 is 0. The van der Waals surface area contributed by atoms with Gasteiger partial charge in [-0.25, -0.2) is 13.2 Å². The van der Waals surface area contributed by atoms with E-state index in [-0.39, 0.29) is 43.6 Å². The predicted molar refractivity (Wildman–Crippen MR) is 96.5 cm³/mol. The number of carbonyl (C=O) groups excluding carboxylic acids is 1. The van der Waals surface area contributed by atoms with Crippen molar-refractivity contribution in [2.24, 2.45) is 5.92 Å². The van der Waals surface area contributed by atoms with Crippen LogP contribution in [0.3, 0.4) is 0 Å². The zero-order valence-electron chi connectivity index (χ0n) is 15.7. The number of nitriles is 1. The lowest BCUT2D eigenvalue weighted by molar-refractivity contribution is -0.126. The number of alkyl halides is 2. The summed E-state index contributed by atoms with van der Waals surface area (Å²) in [6.07, 6.45) is 0.549. The molecule has 2 rings (SSSR count). The summed E-state index contributed by atoms with van der Waals surface area (Å²) in [6.45, 7) is 3.48. The van der Waals surface area contributed by atoms with Crippen molar-refractivity contribution in [1.29, 1.82) is 5.26 Å². The van der Waals surface area contributed by atoms with Crippen LogP contribution >= 0.6 is 0 Å². The molecule has 1 unspecified atom stereocenters. The van der Waals surface area contributed by atoms with E-state index in [0.29, 0.717) is 12.8 Å². The van der Waals surface area contributed by atoms with Gasteiger partial charge in [-0.1, -0.05) is 19.1 Å². The maximum Gasteiger partial charge on any atom is 0.247 e. The Kier molecular flexibility index (Phi) is 6.88. The molecule has 1 aromatic rings. The van der Waals surface area contributed by atoms with E-state index in [2.05, 4.69) is 16.7 Å². The smallest absolute Gasteiger partial charge is 0.247 e. The predicted octanol–water partition coefficient (Wildman–Crippen LogP) is 4.09. The van der Waals surface area contributed by atoms with Gasteiger partial charge in [-0.2, -0.15) is 5.26 Å². The lowest BCUT2D eigenvalue weighted by Crippen LogP contribution is -2.43. The monoisotopic (exact) mass is 381 g/mol. The Bertz CT molecular complexity index is 681. The zero-order chi connectivity index (χ0) is 20.1. The third-order valence-electron chi connectivity index (χ3n) is 5.11. The second-order valence-corrected chi connectivity index (χ2v) is 7.31. The first-order valence-corrected chi connectivity index (χ1v) is 9.30. The van der Waals surface area contributed by atoms with Gasteiger partial charge in [0.15, 0.2) is 0 Å². The maximum atomic E-state index is 13.7. The third-order valence-corrected chi connectivity index (χ3v) is 5.11. The molecule has 148 valence electrons. The van der Waals surface area contributed by atoms with Crippen LogP contribution in [0.25, 0.3) is 0 Å². The molecule has 4 nitrogen and oxygen atoms in total. The second kappa shape index (κ2) is 8.75. The summed E-state index contributed by atoms with van der Waals surface area (Å²) < 4.78 is 40.4. The maximum absolute atomic E-state index is 13.7. The van der Waals surface area contributed by atoms with E-state index in [1.54, 1.807) is 12.1 Å². The molecule has 0 saturated heterocycles. The minimum absolute atomic E-state index is 0.0251. The first-order chi connectivity index (χ1) is 12.7. The highest BCUT2D eigenvalue weighted by molar-refractivity contribution is 5.80. The largest absolute Gasteiger partial charge is 0.338 e. The summed E-state index contributed by atoms with van der Waals surface area (Å²) in [5, 5.41) is 15.0. The average Bonchev–Trinajstić information content (AvgIpc) is 3.41. The quantitative estimate of drug-likeness (QED) is 0.642. The fourth-order valence-electron chi connectivity index (χ4n) is 2.80. The van der Waals surface area contributed by atoms with Crippen molar-refractivity contribution in [2.75, 3.05) is 6.54 Å². The minimum Gasteiger partial charge on any atom is -0.338 e. The molecule has 0 aromatic heterocycles. The fraction of sp³-hybridized carbons (Fsp3) is 0.600. The van der Waals surface area contributed by atoms with Gasteiger partial charge in [0.2, 0.25) is 11.8 Å². The number of hydrogen-bond donors (Lipinski definition) is 2. The van der Waals surface area contributed by atoms with Gasteiger partial charge in [0.05, 0.1) is 12.0 Å². The highest BCUT2D eigenvalue weighted by atomic mass is 19.3. The van der Waals surface area contributed by atoms with Crippen molar-refractivity contribution in [3.8, 4) is 6.07 Å². The average molecular weight is 381 g/mol. The van der Waals surface area contributed by atoms with Crippen LogP contribution in [0.5, 0.6) is 0 Å². The minimum atomic E-state index is -2.81. The summed E-state index contributed by atoms with van der Waals surface area (Å²) in [5.41, 5.74) is 0.00989. The van der Waals surface area contributed by atoms with Crippen molar-refractivity contribution < 1.29 is 18.0 Å². The van der Waals surface area contributed by atoms with Gasteiger partial charge in [0, 0.05) is 25.4 Å². The van der Waals surface area contributed by atoms with Crippen LogP contribution < -0.4 is 10.6 Å². The summed E-state index contributed by atoms with van der Waals surface area (Å²) in [5.74, 6) is -4.19. The van der Waals surface area contributed by atoms with Crippen molar-refractivity contribution in [2.45, 2.75) is 63.5 Å². The van der Waals surface area contributed by atoms with Crippen LogP contribution in [0.1, 0.15) is 57.6 Å². The van der Waals surface area contributed by atoms with E-state index >= 15 is 0 Å². The van der Waals surface area contributed by atoms with Crippen molar-refractivity contribution in [1.82, 2.24) is 10.6 Å². The lowest BCUT2D eigenvalue weighted by Gasteiger charge is -2.23. The summed E-state index contributed by atoms with van der Waals surface area (Å²) in [7, 11) is 0. The number of hydrogen-bond acceptors (Lipinski definition) is 3. The molecule has 7 heteroatoms. The Morgan fingerprint density at radius 3 is 2.48 bits per heavy atom. The van der Waals surface area contributed by atoms with Gasteiger partial charge in [-0.05, 0) is 43.9 Å². The molecule has 0 radical (unpaired) electrons. The Labute approximate surface area is 158 Å². The zero-order valence-corrected chi connectivity index (χ0v) is 15.7. The third kappa shape index (κ3) is 6.24. The Hall–Kier alpha value is -2.07. The lowest BCUT2D eigenvalue weighted by atomic mass is 9.97. The molecule has 2 N–H and O–H groups in total. The molecule has 1 aromatic carbocycles. The van der Waals surface area contributed by atoms with Crippen LogP contribution in [-0.4, -0.2) is 23.9 Å². The van der Waals surface area contributed by atoms with Gasteiger partial charge < -0.3 is 10.6 Å². The molecule has 0 spiro atoms. The van der Waals surface area contributed by atoms with E-state index in [4.69, 9.17) is 5.26 Å². The number of nitrogens with zero attached hydrogens (tertiary/aromatic N) is 1. The molecule has 27 heavy (non-hydrogen) atoms. The highest BCUT2D eigenvalue weighted by Gasteiger charge is 2.45.